The minimum atomic E-state index is 0.0153. The lowest BCUT2D eigenvalue weighted by Crippen LogP contribution is -2.10. The van der Waals surface area contributed by atoms with Crippen LogP contribution in [0.1, 0.15) is 30.4 Å². The van der Waals surface area contributed by atoms with Gasteiger partial charge < -0.3 is 9.69 Å². The molecule has 0 spiro atoms. The van der Waals surface area contributed by atoms with E-state index in [0.717, 1.165) is 24.8 Å². The Balaban J connectivity index is 2.16. The number of aldehydes is 1. The van der Waals surface area contributed by atoms with Gasteiger partial charge in [-0.05, 0) is 42.8 Å². The summed E-state index contributed by atoms with van der Waals surface area (Å²) in [6, 6.07) is 17.0. The maximum absolute atomic E-state index is 11.0. The number of benzene rings is 2. The van der Waals surface area contributed by atoms with Crippen molar-refractivity contribution in [2.45, 2.75) is 25.8 Å². The minimum Gasteiger partial charge on any atom is -0.305 e. The zero-order valence-corrected chi connectivity index (χ0v) is 13.0. The fraction of sp³-hybridized carbons (Fsp3) is 0.316. The third-order valence-electron chi connectivity index (χ3n) is 3.73. The summed E-state index contributed by atoms with van der Waals surface area (Å²) in [7, 11) is 4.15. The standard InChI is InChI=1S/C19H23NO/c1-4-16(14-21)17-9-11-19(12-10-17)18-7-5-15(6-8-18)13-20(2)3/h5-12,14,16H,4,13H2,1-3H3. The maximum atomic E-state index is 11.0. The van der Waals surface area contributed by atoms with Crippen molar-refractivity contribution < 1.29 is 4.79 Å². The number of hydrogen-bond acceptors (Lipinski definition) is 2. The molecule has 0 saturated heterocycles. The van der Waals surface area contributed by atoms with E-state index >= 15 is 0 Å². The molecule has 0 heterocycles. The van der Waals surface area contributed by atoms with Crippen LogP contribution >= 0.6 is 0 Å². The van der Waals surface area contributed by atoms with Crippen molar-refractivity contribution in [3.8, 4) is 11.1 Å². The molecule has 110 valence electrons. The first-order valence-corrected chi connectivity index (χ1v) is 7.43. The van der Waals surface area contributed by atoms with Gasteiger partial charge in [0.1, 0.15) is 6.29 Å². The molecule has 2 aromatic rings. The van der Waals surface area contributed by atoms with Gasteiger partial charge in [0, 0.05) is 12.5 Å². The zero-order chi connectivity index (χ0) is 15.2. The number of nitrogens with zero attached hydrogens (tertiary/aromatic N) is 1. The van der Waals surface area contributed by atoms with Crippen LogP contribution in [-0.2, 0) is 11.3 Å². The van der Waals surface area contributed by atoms with Crippen LogP contribution in [0.15, 0.2) is 48.5 Å². The SMILES string of the molecule is CCC(C=O)c1ccc(-c2ccc(CN(C)C)cc2)cc1. The summed E-state index contributed by atoms with van der Waals surface area (Å²) >= 11 is 0. The van der Waals surface area contributed by atoms with Crippen molar-refractivity contribution in [2.24, 2.45) is 0 Å². The Morgan fingerprint density at radius 1 is 0.952 bits per heavy atom. The Kier molecular flexibility index (Phi) is 5.29. The summed E-state index contributed by atoms with van der Waals surface area (Å²) in [5.41, 5.74) is 4.81. The first kappa shape index (κ1) is 15.5. The second kappa shape index (κ2) is 7.19. The topological polar surface area (TPSA) is 20.3 Å². The van der Waals surface area contributed by atoms with Crippen LogP contribution in [0.25, 0.3) is 11.1 Å². The summed E-state index contributed by atoms with van der Waals surface area (Å²) in [6.07, 6.45) is 1.88. The predicted molar refractivity (Wildman–Crippen MR) is 88.4 cm³/mol. The van der Waals surface area contributed by atoms with Crippen LogP contribution in [0, 0.1) is 0 Å². The van der Waals surface area contributed by atoms with Gasteiger partial charge in [-0.1, -0.05) is 55.5 Å². The van der Waals surface area contributed by atoms with E-state index in [1.54, 1.807) is 0 Å². The molecule has 2 nitrogen and oxygen atoms in total. The fourth-order valence-corrected chi connectivity index (χ4v) is 2.50. The Bertz CT molecular complexity index is 570. The molecule has 2 aromatic carbocycles. The molecule has 21 heavy (non-hydrogen) atoms. The number of carbonyl (C=O) groups is 1. The third kappa shape index (κ3) is 4.02. The lowest BCUT2D eigenvalue weighted by Gasteiger charge is -2.11. The molecule has 0 amide bonds. The van der Waals surface area contributed by atoms with Crippen molar-refractivity contribution >= 4 is 6.29 Å². The lowest BCUT2D eigenvalue weighted by atomic mass is 9.95. The Morgan fingerprint density at radius 3 is 1.90 bits per heavy atom. The smallest absolute Gasteiger partial charge is 0.127 e. The molecule has 0 N–H and O–H groups in total. The van der Waals surface area contributed by atoms with E-state index in [2.05, 4.69) is 67.5 Å². The summed E-state index contributed by atoms with van der Waals surface area (Å²) in [5, 5.41) is 0. The zero-order valence-electron chi connectivity index (χ0n) is 13.0. The van der Waals surface area contributed by atoms with Crippen molar-refractivity contribution in [3.63, 3.8) is 0 Å². The highest BCUT2D eigenvalue weighted by Crippen LogP contribution is 2.24. The average molecular weight is 281 g/mol. The molecule has 0 aliphatic rings. The molecule has 2 heteroatoms. The van der Waals surface area contributed by atoms with Crippen LogP contribution in [0.4, 0.5) is 0 Å². The summed E-state index contributed by atoms with van der Waals surface area (Å²) in [4.78, 5) is 13.2. The molecule has 0 bridgehead atoms. The van der Waals surface area contributed by atoms with Gasteiger partial charge in [0.25, 0.3) is 0 Å². The van der Waals surface area contributed by atoms with E-state index in [-0.39, 0.29) is 5.92 Å². The van der Waals surface area contributed by atoms with Gasteiger partial charge in [0.15, 0.2) is 0 Å². The molecule has 0 saturated carbocycles. The van der Waals surface area contributed by atoms with Crippen molar-refractivity contribution in [1.29, 1.82) is 0 Å². The highest BCUT2D eigenvalue weighted by atomic mass is 16.1. The van der Waals surface area contributed by atoms with Crippen molar-refractivity contribution in [1.82, 2.24) is 4.90 Å². The minimum absolute atomic E-state index is 0.0153. The highest BCUT2D eigenvalue weighted by Gasteiger charge is 2.07. The Labute approximate surface area is 127 Å². The third-order valence-corrected chi connectivity index (χ3v) is 3.73. The van der Waals surface area contributed by atoms with Crippen LogP contribution in [0.5, 0.6) is 0 Å². The monoisotopic (exact) mass is 281 g/mol. The van der Waals surface area contributed by atoms with Gasteiger partial charge in [0.2, 0.25) is 0 Å². The lowest BCUT2D eigenvalue weighted by molar-refractivity contribution is -0.109. The molecule has 0 aliphatic heterocycles. The second-order valence-electron chi connectivity index (χ2n) is 5.71. The van der Waals surface area contributed by atoms with Gasteiger partial charge in [0.05, 0.1) is 0 Å². The fourth-order valence-electron chi connectivity index (χ4n) is 2.50. The molecule has 1 unspecified atom stereocenters. The van der Waals surface area contributed by atoms with Crippen molar-refractivity contribution in [2.75, 3.05) is 14.1 Å². The molecular weight excluding hydrogens is 258 g/mol. The average Bonchev–Trinajstić information content (AvgIpc) is 2.49. The van der Waals surface area contributed by atoms with Crippen LogP contribution in [0.2, 0.25) is 0 Å². The molecule has 2 rings (SSSR count). The summed E-state index contributed by atoms with van der Waals surface area (Å²) in [6.45, 7) is 2.99. The quantitative estimate of drug-likeness (QED) is 0.743. The molecule has 0 radical (unpaired) electrons. The molecule has 0 aromatic heterocycles. The van der Waals surface area contributed by atoms with E-state index in [0.29, 0.717) is 0 Å². The Hall–Kier alpha value is -1.93. The van der Waals surface area contributed by atoms with E-state index in [4.69, 9.17) is 0 Å². The largest absolute Gasteiger partial charge is 0.305 e. The molecule has 0 fully saturated rings. The van der Waals surface area contributed by atoms with Crippen LogP contribution in [0.3, 0.4) is 0 Å². The number of carbonyl (C=O) groups excluding carboxylic acids is 1. The predicted octanol–water partition coefficient (Wildman–Crippen LogP) is 4.11. The van der Waals surface area contributed by atoms with E-state index in [1.165, 1.54) is 16.7 Å². The van der Waals surface area contributed by atoms with E-state index < -0.39 is 0 Å². The van der Waals surface area contributed by atoms with Gasteiger partial charge in [-0.15, -0.1) is 0 Å². The maximum Gasteiger partial charge on any atom is 0.127 e. The Morgan fingerprint density at radius 2 is 1.48 bits per heavy atom. The van der Waals surface area contributed by atoms with E-state index in [1.807, 2.05) is 6.92 Å². The first-order chi connectivity index (χ1) is 10.1. The summed E-state index contributed by atoms with van der Waals surface area (Å²) in [5.74, 6) is 0.0153. The number of hydrogen-bond donors (Lipinski definition) is 0. The highest BCUT2D eigenvalue weighted by molar-refractivity contribution is 5.67. The number of rotatable bonds is 6. The second-order valence-corrected chi connectivity index (χ2v) is 5.71. The van der Waals surface area contributed by atoms with Gasteiger partial charge in [-0.2, -0.15) is 0 Å². The normalized spacial score (nSPS) is 12.4. The van der Waals surface area contributed by atoms with Crippen molar-refractivity contribution in [3.05, 3.63) is 59.7 Å². The van der Waals surface area contributed by atoms with Gasteiger partial charge in [-0.3, -0.25) is 0 Å². The summed E-state index contributed by atoms with van der Waals surface area (Å²) < 4.78 is 0. The van der Waals surface area contributed by atoms with Gasteiger partial charge in [-0.25, -0.2) is 0 Å². The first-order valence-electron chi connectivity index (χ1n) is 7.43. The molecule has 1 atom stereocenters. The van der Waals surface area contributed by atoms with Gasteiger partial charge >= 0.3 is 0 Å². The molecule has 0 aliphatic carbocycles. The van der Waals surface area contributed by atoms with Crippen LogP contribution < -0.4 is 0 Å². The molecular formula is C19H23NO. The van der Waals surface area contributed by atoms with E-state index in [9.17, 15) is 4.79 Å². The van der Waals surface area contributed by atoms with Crippen LogP contribution in [-0.4, -0.2) is 25.3 Å².